The highest BCUT2D eigenvalue weighted by atomic mass is 35.5. The van der Waals surface area contributed by atoms with Gasteiger partial charge in [-0.25, -0.2) is 9.97 Å². The first kappa shape index (κ1) is 21.6. The highest BCUT2D eigenvalue weighted by molar-refractivity contribution is 6.31. The van der Waals surface area contributed by atoms with E-state index < -0.39 is 6.10 Å². The van der Waals surface area contributed by atoms with Crippen LogP contribution in [0.2, 0.25) is 10.0 Å². The van der Waals surface area contributed by atoms with E-state index in [0.29, 0.717) is 23.1 Å². The van der Waals surface area contributed by atoms with Gasteiger partial charge in [-0.15, -0.1) is 0 Å². The van der Waals surface area contributed by atoms with Crippen molar-refractivity contribution in [3.63, 3.8) is 0 Å². The molecule has 0 amide bonds. The molecule has 2 aliphatic rings. The molecular formula is C24H24Cl2N4O2. The molecule has 5 rings (SSSR count). The molecule has 3 aromatic rings. The number of ketones is 1. The first-order valence-corrected chi connectivity index (χ1v) is 11.6. The summed E-state index contributed by atoms with van der Waals surface area (Å²) >= 11 is 12.1. The van der Waals surface area contributed by atoms with Crippen LogP contribution >= 0.6 is 23.2 Å². The highest BCUT2D eigenvalue weighted by Gasteiger charge is 2.39. The number of aliphatic hydroxyl groups is 1. The minimum Gasteiger partial charge on any atom is -0.390 e. The van der Waals surface area contributed by atoms with Gasteiger partial charge in [0.05, 0.1) is 17.7 Å². The number of halogens is 2. The second-order valence-electron chi connectivity index (χ2n) is 8.58. The lowest BCUT2D eigenvalue weighted by molar-refractivity contribution is 0.0539. The van der Waals surface area contributed by atoms with Gasteiger partial charge in [-0.05, 0) is 68.4 Å². The summed E-state index contributed by atoms with van der Waals surface area (Å²) in [6.45, 7) is 2.79. The van der Waals surface area contributed by atoms with E-state index in [1.165, 1.54) is 0 Å². The van der Waals surface area contributed by atoms with Crippen LogP contribution in [0.1, 0.15) is 23.2 Å². The molecule has 6 nitrogen and oxygen atoms in total. The lowest BCUT2D eigenvalue weighted by atomic mass is 9.88. The molecule has 0 aliphatic carbocycles. The van der Waals surface area contributed by atoms with Crippen LogP contribution in [-0.2, 0) is 0 Å². The number of aromatic nitrogens is 2. The average molecular weight is 471 g/mol. The van der Waals surface area contributed by atoms with E-state index in [-0.39, 0.29) is 17.7 Å². The van der Waals surface area contributed by atoms with Crippen molar-refractivity contribution >= 4 is 45.7 Å². The molecule has 2 aromatic carbocycles. The number of Topliss-reactive ketones (excluding diaryl/α,β-unsaturated/α-hetero) is 1. The van der Waals surface area contributed by atoms with Gasteiger partial charge in [0.15, 0.2) is 5.78 Å². The van der Waals surface area contributed by atoms with E-state index in [0.717, 1.165) is 48.2 Å². The summed E-state index contributed by atoms with van der Waals surface area (Å²) in [5.74, 6) is 1.01. The third-order valence-electron chi connectivity index (χ3n) is 6.63. The van der Waals surface area contributed by atoms with Gasteiger partial charge in [-0.3, -0.25) is 9.69 Å². The van der Waals surface area contributed by atoms with Crippen molar-refractivity contribution in [2.45, 2.75) is 25.0 Å². The van der Waals surface area contributed by atoms with Crippen LogP contribution < -0.4 is 4.90 Å². The summed E-state index contributed by atoms with van der Waals surface area (Å²) in [5, 5.41) is 13.0. The Labute approximate surface area is 196 Å². The van der Waals surface area contributed by atoms with Crippen molar-refractivity contribution in [2.75, 3.05) is 31.1 Å². The Bertz CT molecular complexity index is 1130. The number of likely N-dealkylation sites (tertiary alicyclic amines) is 1. The van der Waals surface area contributed by atoms with Crippen LogP contribution in [-0.4, -0.2) is 64.1 Å². The third kappa shape index (κ3) is 4.20. The van der Waals surface area contributed by atoms with Gasteiger partial charge >= 0.3 is 0 Å². The van der Waals surface area contributed by atoms with Gasteiger partial charge in [0.25, 0.3) is 0 Å². The standard InChI is InChI=1S/C24H24Cl2N4O2/c25-17-3-1-15(2-4-17)23(32)16-7-9-29(10-8-16)21-12-30(13-22(21)31)24-19-6-5-18(26)11-20(19)27-14-28-24/h1-6,11,14,16,21-22,31H,7-10,12-13H2. The summed E-state index contributed by atoms with van der Waals surface area (Å²) in [7, 11) is 0. The first-order valence-electron chi connectivity index (χ1n) is 10.9. The molecule has 32 heavy (non-hydrogen) atoms. The van der Waals surface area contributed by atoms with Crippen LogP contribution in [0.5, 0.6) is 0 Å². The lowest BCUT2D eigenvalue weighted by Crippen LogP contribution is -2.48. The molecule has 1 N–H and O–H groups in total. The maximum Gasteiger partial charge on any atom is 0.166 e. The Kier molecular flexibility index (Phi) is 6.03. The number of fused-ring (bicyclic) bond motifs is 1. The zero-order chi connectivity index (χ0) is 22.2. The minimum atomic E-state index is -0.476. The Morgan fingerprint density at radius 2 is 1.69 bits per heavy atom. The Hall–Kier alpha value is -2.25. The molecule has 2 unspecified atom stereocenters. The molecule has 2 atom stereocenters. The number of carbonyl (C=O) groups excluding carboxylic acids is 1. The van der Waals surface area contributed by atoms with Crippen LogP contribution in [0, 0.1) is 5.92 Å². The minimum absolute atomic E-state index is 0.0117. The van der Waals surface area contributed by atoms with Gasteiger partial charge in [0.2, 0.25) is 0 Å². The maximum atomic E-state index is 12.8. The zero-order valence-corrected chi connectivity index (χ0v) is 19.0. The largest absolute Gasteiger partial charge is 0.390 e. The van der Waals surface area contributed by atoms with E-state index in [2.05, 4.69) is 19.8 Å². The molecule has 0 spiro atoms. The molecule has 1 aromatic heterocycles. The van der Waals surface area contributed by atoms with Gasteiger partial charge in [-0.2, -0.15) is 0 Å². The predicted octanol–water partition coefficient (Wildman–Crippen LogP) is 4.08. The predicted molar refractivity (Wildman–Crippen MR) is 127 cm³/mol. The number of hydrogen-bond donors (Lipinski definition) is 1. The van der Waals surface area contributed by atoms with Gasteiger partial charge < -0.3 is 10.0 Å². The molecule has 0 saturated carbocycles. The quantitative estimate of drug-likeness (QED) is 0.579. The SMILES string of the molecule is O=C(c1ccc(Cl)cc1)C1CCN(C2CN(c3ncnc4cc(Cl)ccc34)CC2O)CC1. The molecule has 2 aliphatic heterocycles. The fourth-order valence-electron chi connectivity index (χ4n) is 4.91. The molecule has 3 heterocycles. The highest BCUT2D eigenvalue weighted by Crippen LogP contribution is 2.31. The normalized spacial score (nSPS) is 22.5. The number of nitrogens with zero attached hydrogens (tertiary/aromatic N) is 4. The van der Waals surface area contributed by atoms with Crippen molar-refractivity contribution < 1.29 is 9.90 Å². The average Bonchev–Trinajstić information content (AvgIpc) is 3.20. The van der Waals surface area contributed by atoms with Crippen LogP contribution in [0.25, 0.3) is 10.9 Å². The number of anilines is 1. The molecule has 2 fully saturated rings. The van der Waals surface area contributed by atoms with Crippen molar-refractivity contribution in [3.05, 3.63) is 64.4 Å². The van der Waals surface area contributed by atoms with Gasteiger partial charge in [0, 0.05) is 40.0 Å². The van der Waals surface area contributed by atoms with E-state index in [1.54, 1.807) is 30.6 Å². The molecule has 8 heteroatoms. The molecular weight excluding hydrogens is 447 g/mol. The number of piperidine rings is 1. The Balaban J connectivity index is 1.25. The second-order valence-corrected chi connectivity index (χ2v) is 9.45. The van der Waals surface area contributed by atoms with E-state index in [9.17, 15) is 9.90 Å². The first-order chi connectivity index (χ1) is 15.5. The monoisotopic (exact) mass is 470 g/mol. The fraction of sp³-hybridized carbons (Fsp3) is 0.375. The topological polar surface area (TPSA) is 69.6 Å². The zero-order valence-electron chi connectivity index (χ0n) is 17.5. The molecule has 0 bridgehead atoms. The number of β-amino-alcohol motifs (C(OH)–C–C–N with tert-alkyl or cyclic N) is 1. The summed E-state index contributed by atoms with van der Waals surface area (Å²) in [6, 6.07) is 12.7. The molecule has 0 radical (unpaired) electrons. The third-order valence-corrected chi connectivity index (χ3v) is 7.12. The van der Waals surface area contributed by atoms with Crippen molar-refractivity contribution in [3.8, 4) is 0 Å². The number of benzene rings is 2. The van der Waals surface area contributed by atoms with Crippen LogP contribution in [0.4, 0.5) is 5.82 Å². The summed E-state index contributed by atoms with van der Waals surface area (Å²) < 4.78 is 0. The fourth-order valence-corrected chi connectivity index (χ4v) is 5.20. The maximum absolute atomic E-state index is 12.8. The summed E-state index contributed by atoms with van der Waals surface area (Å²) in [4.78, 5) is 26.1. The van der Waals surface area contributed by atoms with Crippen LogP contribution in [0.3, 0.4) is 0 Å². The van der Waals surface area contributed by atoms with Gasteiger partial charge in [0.1, 0.15) is 12.1 Å². The number of hydrogen-bond acceptors (Lipinski definition) is 6. The van der Waals surface area contributed by atoms with E-state index >= 15 is 0 Å². The number of carbonyl (C=O) groups is 1. The van der Waals surface area contributed by atoms with E-state index in [4.69, 9.17) is 23.2 Å². The summed E-state index contributed by atoms with van der Waals surface area (Å²) in [5.41, 5.74) is 1.51. The van der Waals surface area contributed by atoms with Gasteiger partial charge in [-0.1, -0.05) is 23.2 Å². The molecule has 166 valence electrons. The molecule has 2 saturated heterocycles. The van der Waals surface area contributed by atoms with Crippen LogP contribution in [0.15, 0.2) is 48.8 Å². The lowest BCUT2D eigenvalue weighted by Gasteiger charge is -2.36. The number of aliphatic hydroxyl groups excluding tert-OH is 1. The summed E-state index contributed by atoms with van der Waals surface area (Å²) in [6.07, 6.45) is 2.65. The Morgan fingerprint density at radius 3 is 2.44 bits per heavy atom. The van der Waals surface area contributed by atoms with Crippen molar-refractivity contribution in [2.24, 2.45) is 5.92 Å². The van der Waals surface area contributed by atoms with E-state index in [1.807, 2.05) is 18.2 Å². The second kappa shape index (κ2) is 8.94. The van der Waals surface area contributed by atoms with Crippen molar-refractivity contribution in [1.82, 2.24) is 14.9 Å². The smallest absolute Gasteiger partial charge is 0.166 e. The number of rotatable bonds is 4. The Morgan fingerprint density at radius 1 is 0.969 bits per heavy atom. The van der Waals surface area contributed by atoms with Crippen molar-refractivity contribution in [1.29, 1.82) is 0 Å².